The van der Waals surface area contributed by atoms with Gasteiger partial charge in [-0.1, -0.05) is 30.3 Å². The van der Waals surface area contributed by atoms with Crippen LogP contribution in [0.3, 0.4) is 0 Å². The number of hydrogen-bond acceptors (Lipinski definition) is 5. The quantitative estimate of drug-likeness (QED) is 0.853. The highest BCUT2D eigenvalue weighted by atomic mass is 16.5. The number of carbonyl (C=O) groups excluding carboxylic acids is 1. The number of aromatic amines is 1. The molecule has 0 aliphatic carbocycles. The number of H-pyrrole nitrogens is 1. The largest absolute Gasteiger partial charge is 0.481 e. The molecule has 0 fully saturated rings. The molecule has 1 aromatic heterocycles. The van der Waals surface area contributed by atoms with Gasteiger partial charge in [0.15, 0.2) is 5.69 Å². The van der Waals surface area contributed by atoms with Crippen LogP contribution in [0.2, 0.25) is 0 Å². The Labute approximate surface area is 115 Å². The summed E-state index contributed by atoms with van der Waals surface area (Å²) in [7, 11) is 1.22. The van der Waals surface area contributed by atoms with Crippen LogP contribution in [-0.2, 0) is 11.3 Å². The van der Waals surface area contributed by atoms with Gasteiger partial charge in [0.2, 0.25) is 5.75 Å². The normalized spacial score (nSPS) is 10.1. The zero-order valence-corrected chi connectivity index (χ0v) is 11.2. The number of ether oxygens (including phenoxy) is 2. The lowest BCUT2D eigenvalue weighted by Gasteiger charge is -2.09. The molecule has 20 heavy (non-hydrogen) atoms. The fourth-order valence-corrected chi connectivity index (χ4v) is 1.67. The minimum absolute atomic E-state index is 0.121. The Morgan fingerprint density at radius 2 is 2.00 bits per heavy atom. The Morgan fingerprint density at radius 1 is 1.30 bits per heavy atom. The van der Waals surface area contributed by atoms with E-state index in [9.17, 15) is 9.59 Å². The fraction of sp³-hybridized carbons (Fsp3) is 0.214. The zero-order valence-electron chi connectivity index (χ0n) is 11.2. The molecule has 1 aromatic carbocycles. The Hall–Kier alpha value is -2.63. The molecular formula is C14H14N2O4. The average molecular weight is 274 g/mol. The van der Waals surface area contributed by atoms with E-state index in [0.29, 0.717) is 5.82 Å². The topological polar surface area (TPSA) is 81.3 Å². The van der Waals surface area contributed by atoms with E-state index in [1.807, 2.05) is 30.3 Å². The van der Waals surface area contributed by atoms with Gasteiger partial charge in [-0.3, -0.25) is 4.79 Å². The van der Waals surface area contributed by atoms with Crippen molar-refractivity contribution in [2.24, 2.45) is 0 Å². The third-order valence-electron chi connectivity index (χ3n) is 2.60. The number of aryl methyl sites for hydroxylation is 1. The Kier molecular flexibility index (Phi) is 4.14. The van der Waals surface area contributed by atoms with Gasteiger partial charge in [0.1, 0.15) is 12.4 Å². The summed E-state index contributed by atoms with van der Waals surface area (Å²) in [5.74, 6) is -0.518. The summed E-state index contributed by atoms with van der Waals surface area (Å²) in [6.45, 7) is 1.74. The molecule has 0 saturated heterocycles. The summed E-state index contributed by atoms with van der Waals surface area (Å²) in [6, 6.07) is 9.31. The molecule has 0 bridgehead atoms. The molecular weight excluding hydrogens is 260 g/mol. The van der Waals surface area contributed by atoms with E-state index in [1.165, 1.54) is 7.11 Å². The third kappa shape index (κ3) is 3.03. The SMILES string of the molecule is COC(=O)c1nc(C)[nH]c(=O)c1OCc1ccccc1. The number of aromatic nitrogens is 2. The van der Waals surface area contributed by atoms with Crippen molar-refractivity contribution in [2.75, 3.05) is 7.11 Å². The Morgan fingerprint density at radius 3 is 2.65 bits per heavy atom. The van der Waals surface area contributed by atoms with E-state index < -0.39 is 11.5 Å². The van der Waals surface area contributed by atoms with E-state index in [1.54, 1.807) is 6.92 Å². The number of nitrogens with zero attached hydrogens (tertiary/aromatic N) is 1. The van der Waals surface area contributed by atoms with Gasteiger partial charge in [-0.2, -0.15) is 0 Å². The van der Waals surface area contributed by atoms with Crippen molar-refractivity contribution < 1.29 is 14.3 Å². The lowest BCUT2D eigenvalue weighted by molar-refractivity contribution is 0.0587. The van der Waals surface area contributed by atoms with Crippen LogP contribution in [0.4, 0.5) is 0 Å². The molecule has 1 heterocycles. The van der Waals surface area contributed by atoms with Gasteiger partial charge in [0, 0.05) is 0 Å². The number of rotatable bonds is 4. The predicted molar refractivity (Wildman–Crippen MR) is 71.7 cm³/mol. The maximum atomic E-state index is 11.9. The first-order valence-corrected chi connectivity index (χ1v) is 5.97. The summed E-state index contributed by atoms with van der Waals surface area (Å²) >= 11 is 0. The van der Waals surface area contributed by atoms with Crippen molar-refractivity contribution in [1.82, 2.24) is 9.97 Å². The van der Waals surface area contributed by atoms with Gasteiger partial charge in [-0.15, -0.1) is 0 Å². The van der Waals surface area contributed by atoms with E-state index in [0.717, 1.165) is 5.56 Å². The van der Waals surface area contributed by atoms with Gasteiger partial charge in [-0.05, 0) is 12.5 Å². The van der Waals surface area contributed by atoms with Crippen LogP contribution in [0.15, 0.2) is 35.1 Å². The maximum Gasteiger partial charge on any atom is 0.360 e. The number of carbonyl (C=O) groups is 1. The molecule has 0 saturated carbocycles. The van der Waals surface area contributed by atoms with E-state index >= 15 is 0 Å². The molecule has 0 unspecified atom stereocenters. The average Bonchev–Trinajstić information content (AvgIpc) is 2.46. The summed E-state index contributed by atoms with van der Waals surface area (Å²) in [4.78, 5) is 30.0. The molecule has 0 aliphatic rings. The molecule has 0 spiro atoms. The molecule has 104 valence electrons. The first kappa shape index (κ1) is 13.8. The molecule has 0 aliphatic heterocycles. The first-order chi connectivity index (χ1) is 9.61. The highest BCUT2D eigenvalue weighted by molar-refractivity contribution is 5.90. The lowest BCUT2D eigenvalue weighted by Crippen LogP contribution is -2.20. The number of benzene rings is 1. The summed E-state index contributed by atoms with van der Waals surface area (Å²) in [5, 5.41) is 0. The van der Waals surface area contributed by atoms with Crippen LogP contribution in [0.1, 0.15) is 21.9 Å². The first-order valence-electron chi connectivity index (χ1n) is 5.97. The minimum Gasteiger partial charge on any atom is -0.481 e. The van der Waals surface area contributed by atoms with Gasteiger partial charge < -0.3 is 14.5 Å². The number of hydrogen-bond donors (Lipinski definition) is 1. The minimum atomic E-state index is -0.706. The number of esters is 1. The molecule has 0 amide bonds. The standard InChI is InChI=1S/C14H14N2O4/c1-9-15-11(14(18)19-2)12(13(17)16-9)20-8-10-6-4-3-5-7-10/h3-7H,8H2,1-2H3,(H,15,16,17). The second-order valence-electron chi connectivity index (χ2n) is 4.09. The second kappa shape index (κ2) is 6.01. The summed E-state index contributed by atoms with van der Waals surface area (Å²) in [6.07, 6.45) is 0. The van der Waals surface area contributed by atoms with Crippen molar-refractivity contribution in [2.45, 2.75) is 13.5 Å². The summed E-state index contributed by atoms with van der Waals surface area (Å²) in [5.41, 5.74) is 0.252. The predicted octanol–water partition coefficient (Wildman–Crippen LogP) is 1.44. The molecule has 2 rings (SSSR count). The van der Waals surface area contributed by atoms with Crippen molar-refractivity contribution in [3.63, 3.8) is 0 Å². The van der Waals surface area contributed by atoms with E-state index in [2.05, 4.69) is 14.7 Å². The monoisotopic (exact) mass is 274 g/mol. The highest BCUT2D eigenvalue weighted by Gasteiger charge is 2.19. The highest BCUT2D eigenvalue weighted by Crippen LogP contribution is 2.13. The van der Waals surface area contributed by atoms with Crippen molar-refractivity contribution >= 4 is 5.97 Å². The number of methoxy groups -OCH3 is 1. The van der Waals surface area contributed by atoms with Crippen molar-refractivity contribution in [3.8, 4) is 5.75 Å². The zero-order chi connectivity index (χ0) is 14.5. The molecule has 6 nitrogen and oxygen atoms in total. The lowest BCUT2D eigenvalue weighted by atomic mass is 10.2. The molecule has 6 heteroatoms. The Bertz CT molecular complexity index is 665. The number of nitrogens with one attached hydrogen (secondary N) is 1. The van der Waals surface area contributed by atoms with Crippen molar-refractivity contribution in [3.05, 3.63) is 57.8 Å². The Balaban J connectivity index is 2.31. The molecule has 1 N–H and O–H groups in total. The van der Waals surface area contributed by atoms with Crippen LogP contribution in [0, 0.1) is 6.92 Å². The molecule has 0 atom stereocenters. The third-order valence-corrected chi connectivity index (χ3v) is 2.60. The van der Waals surface area contributed by atoms with Gasteiger partial charge in [-0.25, -0.2) is 9.78 Å². The smallest absolute Gasteiger partial charge is 0.360 e. The second-order valence-corrected chi connectivity index (χ2v) is 4.09. The van der Waals surface area contributed by atoms with Crippen molar-refractivity contribution in [1.29, 1.82) is 0 Å². The van der Waals surface area contributed by atoms with Crippen LogP contribution in [0.5, 0.6) is 5.75 Å². The van der Waals surface area contributed by atoms with Crippen LogP contribution in [-0.4, -0.2) is 23.0 Å². The van der Waals surface area contributed by atoms with Gasteiger partial charge in [0.25, 0.3) is 5.56 Å². The fourth-order valence-electron chi connectivity index (χ4n) is 1.67. The van der Waals surface area contributed by atoms with Gasteiger partial charge in [0.05, 0.1) is 7.11 Å². The van der Waals surface area contributed by atoms with Crippen LogP contribution < -0.4 is 10.3 Å². The van der Waals surface area contributed by atoms with E-state index in [-0.39, 0.29) is 18.1 Å². The van der Waals surface area contributed by atoms with E-state index in [4.69, 9.17) is 4.74 Å². The van der Waals surface area contributed by atoms with Crippen LogP contribution >= 0.6 is 0 Å². The summed E-state index contributed by atoms with van der Waals surface area (Å²) < 4.78 is 10.0. The van der Waals surface area contributed by atoms with Gasteiger partial charge >= 0.3 is 5.97 Å². The maximum absolute atomic E-state index is 11.9. The van der Waals surface area contributed by atoms with Crippen LogP contribution in [0.25, 0.3) is 0 Å². The molecule has 0 radical (unpaired) electrons. The molecule has 2 aromatic rings.